The van der Waals surface area contributed by atoms with Crippen LogP contribution in [0.2, 0.25) is 0 Å². The second kappa shape index (κ2) is 8.59. The van der Waals surface area contributed by atoms with Crippen molar-refractivity contribution in [1.82, 2.24) is 19.7 Å². The van der Waals surface area contributed by atoms with Crippen LogP contribution in [0.1, 0.15) is 30.5 Å². The molecular formula is C19H24N6O. The number of nitrogens with one attached hydrogen (secondary N) is 1. The highest BCUT2D eigenvalue weighted by molar-refractivity contribution is 5.39. The lowest BCUT2D eigenvalue weighted by Gasteiger charge is -2.35. The first-order valence-corrected chi connectivity index (χ1v) is 9.04. The predicted octanol–water partition coefficient (Wildman–Crippen LogP) is 1.78. The van der Waals surface area contributed by atoms with Crippen LogP contribution in [0.3, 0.4) is 0 Å². The van der Waals surface area contributed by atoms with Crippen molar-refractivity contribution in [2.45, 2.75) is 38.8 Å². The molecule has 1 fully saturated rings. The first kappa shape index (κ1) is 18.1. The average Bonchev–Trinajstić information content (AvgIpc) is 2.68. The Bertz CT molecular complexity index is 823. The summed E-state index contributed by atoms with van der Waals surface area (Å²) >= 11 is 0. The summed E-state index contributed by atoms with van der Waals surface area (Å²) in [4.78, 5) is 18.6. The van der Waals surface area contributed by atoms with Gasteiger partial charge >= 0.3 is 0 Å². The van der Waals surface area contributed by atoms with Crippen molar-refractivity contribution in [3.8, 4) is 6.07 Å². The minimum atomic E-state index is -0.0518. The maximum Gasteiger partial charge on any atom is 0.266 e. The van der Waals surface area contributed by atoms with Gasteiger partial charge in [-0.2, -0.15) is 10.4 Å². The van der Waals surface area contributed by atoms with Gasteiger partial charge in [0.05, 0.1) is 17.8 Å². The van der Waals surface area contributed by atoms with Gasteiger partial charge in [0, 0.05) is 31.4 Å². The maximum atomic E-state index is 11.9. The number of likely N-dealkylation sites (tertiary alicyclic amines) is 1. The van der Waals surface area contributed by atoms with Crippen molar-refractivity contribution in [3.05, 3.63) is 52.1 Å². The molecule has 1 atom stereocenters. The molecule has 0 bridgehead atoms. The summed E-state index contributed by atoms with van der Waals surface area (Å²) in [6.45, 7) is 5.15. The Kier molecular flexibility index (Phi) is 5.97. The van der Waals surface area contributed by atoms with E-state index >= 15 is 0 Å². The van der Waals surface area contributed by atoms with Gasteiger partial charge in [-0.3, -0.25) is 9.69 Å². The predicted molar refractivity (Wildman–Crippen MR) is 99.9 cm³/mol. The van der Waals surface area contributed by atoms with E-state index in [-0.39, 0.29) is 5.56 Å². The molecule has 0 amide bonds. The molecule has 2 aromatic rings. The summed E-state index contributed by atoms with van der Waals surface area (Å²) in [5.41, 5.74) is 1.36. The molecule has 1 unspecified atom stereocenters. The second-order valence-electron chi connectivity index (χ2n) is 6.65. The molecule has 136 valence electrons. The number of piperidine rings is 1. The highest BCUT2D eigenvalue weighted by Crippen LogP contribution is 2.17. The van der Waals surface area contributed by atoms with E-state index in [4.69, 9.17) is 5.26 Å². The standard InChI is InChI=1S/C19H24N6O/c1-15-5-8-19(26)25(23-15)11-10-24-9-3-2-4-17(24)14-22-18-7-6-16(12-20)13-21-18/h5-8,13,17H,2-4,9-11,14H2,1H3,(H,21,22). The van der Waals surface area contributed by atoms with Crippen molar-refractivity contribution < 1.29 is 0 Å². The minimum Gasteiger partial charge on any atom is -0.369 e. The molecule has 1 N–H and O–H groups in total. The number of pyridine rings is 1. The Labute approximate surface area is 153 Å². The van der Waals surface area contributed by atoms with E-state index in [9.17, 15) is 4.79 Å². The Morgan fingerprint density at radius 3 is 2.92 bits per heavy atom. The Balaban J connectivity index is 1.57. The number of aryl methyl sites for hydroxylation is 1. The minimum absolute atomic E-state index is 0.0518. The normalized spacial score (nSPS) is 17.6. The fourth-order valence-corrected chi connectivity index (χ4v) is 3.31. The number of hydrogen-bond donors (Lipinski definition) is 1. The van der Waals surface area contributed by atoms with Crippen LogP contribution >= 0.6 is 0 Å². The third-order valence-electron chi connectivity index (χ3n) is 4.76. The van der Waals surface area contributed by atoms with E-state index in [1.165, 1.54) is 12.8 Å². The van der Waals surface area contributed by atoms with Crippen LogP contribution in [-0.4, -0.2) is 45.3 Å². The number of nitriles is 1. The number of nitrogens with zero attached hydrogens (tertiary/aromatic N) is 5. The van der Waals surface area contributed by atoms with Gasteiger partial charge in [-0.25, -0.2) is 9.67 Å². The quantitative estimate of drug-likeness (QED) is 0.853. The van der Waals surface area contributed by atoms with Crippen LogP contribution in [0.25, 0.3) is 0 Å². The first-order chi connectivity index (χ1) is 12.7. The van der Waals surface area contributed by atoms with Gasteiger partial charge < -0.3 is 5.32 Å². The molecular weight excluding hydrogens is 328 g/mol. The fraction of sp³-hybridized carbons (Fsp3) is 0.474. The van der Waals surface area contributed by atoms with E-state index in [1.54, 1.807) is 29.1 Å². The summed E-state index contributed by atoms with van der Waals surface area (Å²) in [6, 6.07) is 9.41. The van der Waals surface area contributed by atoms with Crippen molar-refractivity contribution in [2.24, 2.45) is 0 Å². The van der Waals surface area contributed by atoms with E-state index in [0.29, 0.717) is 18.2 Å². The molecule has 3 rings (SSSR count). The maximum absolute atomic E-state index is 11.9. The van der Waals surface area contributed by atoms with Gasteiger partial charge in [-0.1, -0.05) is 6.42 Å². The van der Waals surface area contributed by atoms with Gasteiger partial charge in [-0.15, -0.1) is 0 Å². The SMILES string of the molecule is Cc1ccc(=O)n(CCN2CCCCC2CNc2ccc(C#N)cn2)n1. The topological polar surface area (TPSA) is 86.8 Å². The summed E-state index contributed by atoms with van der Waals surface area (Å²) < 4.78 is 1.55. The van der Waals surface area contributed by atoms with Crippen LogP contribution in [-0.2, 0) is 6.54 Å². The van der Waals surface area contributed by atoms with Gasteiger partial charge in [0.25, 0.3) is 5.56 Å². The van der Waals surface area contributed by atoms with Crippen LogP contribution < -0.4 is 10.9 Å². The van der Waals surface area contributed by atoms with Crippen molar-refractivity contribution in [3.63, 3.8) is 0 Å². The zero-order chi connectivity index (χ0) is 18.4. The summed E-state index contributed by atoms with van der Waals surface area (Å²) in [5, 5.41) is 16.5. The summed E-state index contributed by atoms with van der Waals surface area (Å²) in [7, 11) is 0. The number of rotatable bonds is 6. The molecule has 1 aliphatic heterocycles. The molecule has 0 spiro atoms. The van der Waals surface area contributed by atoms with Crippen LogP contribution in [0.5, 0.6) is 0 Å². The van der Waals surface area contributed by atoms with Crippen LogP contribution in [0.15, 0.2) is 35.3 Å². The highest BCUT2D eigenvalue weighted by Gasteiger charge is 2.22. The van der Waals surface area contributed by atoms with Gasteiger partial charge in [-0.05, 0) is 44.5 Å². The molecule has 7 nitrogen and oxygen atoms in total. The van der Waals surface area contributed by atoms with Crippen molar-refractivity contribution in [1.29, 1.82) is 5.26 Å². The molecule has 0 radical (unpaired) electrons. The van der Waals surface area contributed by atoms with Crippen LogP contribution in [0, 0.1) is 18.3 Å². The average molecular weight is 352 g/mol. The number of anilines is 1. The molecule has 26 heavy (non-hydrogen) atoms. The molecule has 7 heteroatoms. The third kappa shape index (κ3) is 4.67. The Morgan fingerprint density at radius 2 is 2.15 bits per heavy atom. The molecule has 2 aromatic heterocycles. The van der Waals surface area contributed by atoms with Crippen LogP contribution in [0.4, 0.5) is 5.82 Å². The lowest BCUT2D eigenvalue weighted by molar-refractivity contribution is 0.148. The highest BCUT2D eigenvalue weighted by atomic mass is 16.1. The van der Waals surface area contributed by atoms with Gasteiger partial charge in [0.15, 0.2) is 0 Å². The zero-order valence-corrected chi connectivity index (χ0v) is 15.1. The van der Waals surface area contributed by atoms with Gasteiger partial charge in [0.1, 0.15) is 11.9 Å². The molecule has 3 heterocycles. The summed E-state index contributed by atoms with van der Waals surface area (Å²) in [5.74, 6) is 0.783. The van der Waals surface area contributed by atoms with Crippen molar-refractivity contribution >= 4 is 5.82 Å². The lowest BCUT2D eigenvalue weighted by Crippen LogP contribution is -2.45. The molecule has 0 saturated carbocycles. The smallest absolute Gasteiger partial charge is 0.266 e. The van der Waals surface area contributed by atoms with E-state index in [2.05, 4.69) is 26.4 Å². The molecule has 1 aliphatic rings. The summed E-state index contributed by atoms with van der Waals surface area (Å²) in [6.07, 6.45) is 5.10. The molecule has 1 saturated heterocycles. The Morgan fingerprint density at radius 1 is 1.27 bits per heavy atom. The van der Waals surface area contributed by atoms with E-state index in [0.717, 1.165) is 37.6 Å². The molecule has 0 aliphatic carbocycles. The number of hydrogen-bond acceptors (Lipinski definition) is 6. The van der Waals surface area contributed by atoms with Gasteiger partial charge in [0.2, 0.25) is 0 Å². The fourth-order valence-electron chi connectivity index (χ4n) is 3.31. The number of aromatic nitrogens is 3. The second-order valence-corrected chi connectivity index (χ2v) is 6.65. The van der Waals surface area contributed by atoms with E-state index in [1.807, 2.05) is 13.0 Å². The lowest BCUT2D eigenvalue weighted by atomic mass is 10.0. The molecule has 0 aromatic carbocycles. The Hall–Kier alpha value is -2.72. The monoisotopic (exact) mass is 352 g/mol. The van der Waals surface area contributed by atoms with E-state index < -0.39 is 0 Å². The third-order valence-corrected chi connectivity index (χ3v) is 4.76. The largest absolute Gasteiger partial charge is 0.369 e. The zero-order valence-electron chi connectivity index (χ0n) is 15.1. The first-order valence-electron chi connectivity index (χ1n) is 9.04. The van der Waals surface area contributed by atoms with Crippen molar-refractivity contribution in [2.75, 3.05) is 25.0 Å².